The molecule has 8 heteroatoms. The highest BCUT2D eigenvalue weighted by atomic mass is 35.5. The van der Waals surface area contributed by atoms with Crippen LogP contribution in [0.25, 0.3) is 0 Å². The quantitative estimate of drug-likeness (QED) is 0.658. The molecule has 1 unspecified atom stereocenters. The van der Waals surface area contributed by atoms with Crippen molar-refractivity contribution in [2.24, 2.45) is 0 Å². The number of carbonyl (C=O) groups is 1. The molecule has 0 spiro atoms. The summed E-state index contributed by atoms with van der Waals surface area (Å²) >= 11 is 5.87. The van der Waals surface area contributed by atoms with E-state index in [0.29, 0.717) is 10.8 Å². The molecule has 6 nitrogen and oxygen atoms in total. The van der Waals surface area contributed by atoms with Gasteiger partial charge < -0.3 is 10.1 Å². The number of hydrogen-bond donors (Lipinski definition) is 2. The number of halogens is 1. The Balaban J connectivity index is 1.50. The monoisotopic (exact) mass is 436 g/mol. The molecule has 0 radical (unpaired) electrons. The number of ether oxygens (including phenoxy) is 1. The van der Waals surface area contributed by atoms with Crippen LogP contribution < -0.4 is 14.8 Å². The van der Waals surface area contributed by atoms with Gasteiger partial charge in [-0.05, 0) is 61.7 Å². The van der Waals surface area contributed by atoms with Gasteiger partial charge >= 0.3 is 0 Å². The summed E-state index contributed by atoms with van der Waals surface area (Å²) in [7, 11) is -3.54. The van der Waals surface area contributed by atoms with Crippen LogP contribution in [0.15, 0.2) is 53.4 Å². The van der Waals surface area contributed by atoms with Crippen molar-refractivity contribution in [2.75, 3.05) is 6.61 Å². The molecule has 1 aliphatic rings. The Kier molecular flexibility index (Phi) is 7.16. The lowest BCUT2D eigenvalue weighted by Crippen LogP contribution is -2.32. The second-order valence-electron chi connectivity index (χ2n) is 7.20. The normalized spacial score (nSPS) is 15.8. The molecule has 0 aromatic heterocycles. The molecule has 1 fully saturated rings. The topological polar surface area (TPSA) is 84.5 Å². The summed E-state index contributed by atoms with van der Waals surface area (Å²) in [5.41, 5.74) is 0.937. The predicted octanol–water partition coefficient (Wildman–Crippen LogP) is 3.82. The van der Waals surface area contributed by atoms with Crippen LogP contribution in [0.2, 0.25) is 5.02 Å². The SMILES string of the molecule is CC(NC(=O)COc1ccc(S(=O)(=O)NC2CCCC2)cc1)c1ccc(Cl)cc1. The Labute approximate surface area is 176 Å². The van der Waals surface area contributed by atoms with Gasteiger partial charge in [-0.3, -0.25) is 4.79 Å². The average Bonchev–Trinajstić information content (AvgIpc) is 3.19. The molecule has 1 atom stereocenters. The highest BCUT2D eigenvalue weighted by molar-refractivity contribution is 7.89. The average molecular weight is 437 g/mol. The highest BCUT2D eigenvalue weighted by Crippen LogP contribution is 2.22. The molecular formula is C21H25ClN2O4S. The molecular weight excluding hydrogens is 412 g/mol. The van der Waals surface area contributed by atoms with E-state index in [1.165, 1.54) is 12.1 Å². The summed E-state index contributed by atoms with van der Waals surface area (Å²) in [6, 6.07) is 13.2. The Bertz CT molecular complexity index is 924. The molecule has 2 aromatic carbocycles. The van der Waals surface area contributed by atoms with Crippen LogP contribution in [0, 0.1) is 0 Å². The Morgan fingerprint density at radius 3 is 2.34 bits per heavy atom. The van der Waals surface area contributed by atoms with Gasteiger partial charge in [0.15, 0.2) is 6.61 Å². The number of hydrogen-bond acceptors (Lipinski definition) is 4. The van der Waals surface area contributed by atoms with Crippen LogP contribution in [0.3, 0.4) is 0 Å². The maximum atomic E-state index is 12.4. The number of amides is 1. The van der Waals surface area contributed by atoms with E-state index in [9.17, 15) is 13.2 Å². The third-order valence-corrected chi connectivity index (χ3v) is 6.72. The van der Waals surface area contributed by atoms with Gasteiger partial charge in [0, 0.05) is 11.1 Å². The van der Waals surface area contributed by atoms with Gasteiger partial charge in [0.05, 0.1) is 10.9 Å². The van der Waals surface area contributed by atoms with Crippen molar-refractivity contribution in [1.29, 1.82) is 0 Å². The first-order valence-corrected chi connectivity index (χ1v) is 11.5. The molecule has 0 heterocycles. The summed E-state index contributed by atoms with van der Waals surface area (Å²) in [6.07, 6.45) is 3.87. The molecule has 2 N–H and O–H groups in total. The van der Waals surface area contributed by atoms with Crippen LogP contribution in [-0.2, 0) is 14.8 Å². The molecule has 0 bridgehead atoms. The summed E-state index contributed by atoms with van der Waals surface area (Å²) in [6.45, 7) is 1.71. The fourth-order valence-corrected chi connectivity index (χ4v) is 4.74. The van der Waals surface area contributed by atoms with Crippen molar-refractivity contribution in [1.82, 2.24) is 10.0 Å². The van der Waals surface area contributed by atoms with E-state index in [1.807, 2.05) is 19.1 Å². The zero-order valence-corrected chi connectivity index (χ0v) is 17.8. The minimum atomic E-state index is -3.54. The largest absolute Gasteiger partial charge is 0.484 e. The standard InChI is InChI=1S/C21H25ClN2O4S/c1-15(16-6-8-17(22)9-7-16)23-21(25)14-28-19-10-12-20(13-11-19)29(26,27)24-18-4-2-3-5-18/h6-13,15,18,24H,2-5,14H2,1H3,(H,23,25). The third kappa shape index (κ3) is 6.19. The van der Waals surface area contributed by atoms with E-state index in [-0.39, 0.29) is 29.5 Å². The Hall–Kier alpha value is -2.09. The molecule has 3 rings (SSSR count). The molecule has 1 saturated carbocycles. The first-order valence-electron chi connectivity index (χ1n) is 9.63. The van der Waals surface area contributed by atoms with Crippen molar-refractivity contribution >= 4 is 27.5 Å². The smallest absolute Gasteiger partial charge is 0.258 e. The van der Waals surface area contributed by atoms with Gasteiger partial charge in [0.25, 0.3) is 5.91 Å². The second-order valence-corrected chi connectivity index (χ2v) is 9.35. The predicted molar refractivity (Wildman–Crippen MR) is 113 cm³/mol. The van der Waals surface area contributed by atoms with Crippen molar-refractivity contribution in [3.63, 3.8) is 0 Å². The summed E-state index contributed by atoms with van der Waals surface area (Å²) in [4.78, 5) is 12.3. The van der Waals surface area contributed by atoms with Gasteiger partial charge in [-0.1, -0.05) is 36.6 Å². The van der Waals surface area contributed by atoms with E-state index in [0.717, 1.165) is 31.2 Å². The number of nitrogens with one attached hydrogen (secondary N) is 2. The van der Waals surface area contributed by atoms with Crippen molar-refractivity contribution in [2.45, 2.75) is 49.6 Å². The fraction of sp³-hybridized carbons (Fsp3) is 0.381. The minimum Gasteiger partial charge on any atom is -0.484 e. The first kappa shape index (κ1) is 21.6. The van der Waals surface area contributed by atoms with Gasteiger partial charge in [0.1, 0.15) is 5.75 Å². The van der Waals surface area contributed by atoms with Gasteiger partial charge in [0.2, 0.25) is 10.0 Å². The fourth-order valence-electron chi connectivity index (χ4n) is 3.31. The van der Waals surface area contributed by atoms with Crippen LogP contribution in [0.1, 0.15) is 44.2 Å². The Morgan fingerprint density at radius 1 is 1.10 bits per heavy atom. The zero-order chi connectivity index (χ0) is 20.9. The summed E-state index contributed by atoms with van der Waals surface area (Å²) in [5.74, 6) is 0.158. The lowest BCUT2D eigenvalue weighted by molar-refractivity contribution is -0.123. The lowest BCUT2D eigenvalue weighted by Gasteiger charge is -2.15. The number of carbonyl (C=O) groups excluding carboxylic acids is 1. The van der Waals surface area contributed by atoms with E-state index in [2.05, 4.69) is 10.0 Å². The van der Waals surface area contributed by atoms with Crippen molar-refractivity contribution in [3.05, 3.63) is 59.1 Å². The summed E-state index contributed by atoms with van der Waals surface area (Å²) < 4.78 is 33.1. The minimum absolute atomic E-state index is 0.0160. The number of sulfonamides is 1. The van der Waals surface area contributed by atoms with Crippen molar-refractivity contribution in [3.8, 4) is 5.75 Å². The molecule has 156 valence electrons. The maximum Gasteiger partial charge on any atom is 0.258 e. The van der Waals surface area contributed by atoms with Crippen LogP contribution in [0.5, 0.6) is 5.75 Å². The van der Waals surface area contributed by atoms with Crippen LogP contribution in [-0.4, -0.2) is 27.0 Å². The lowest BCUT2D eigenvalue weighted by atomic mass is 10.1. The number of rotatable bonds is 8. The van der Waals surface area contributed by atoms with Crippen molar-refractivity contribution < 1.29 is 17.9 Å². The van der Waals surface area contributed by atoms with Gasteiger partial charge in [-0.25, -0.2) is 13.1 Å². The third-order valence-electron chi connectivity index (χ3n) is 4.93. The molecule has 2 aromatic rings. The number of benzene rings is 2. The molecule has 1 amide bonds. The molecule has 0 saturated heterocycles. The molecule has 29 heavy (non-hydrogen) atoms. The van der Waals surface area contributed by atoms with Gasteiger partial charge in [-0.15, -0.1) is 0 Å². The zero-order valence-electron chi connectivity index (χ0n) is 16.2. The van der Waals surface area contributed by atoms with Crippen LogP contribution in [0.4, 0.5) is 0 Å². The highest BCUT2D eigenvalue weighted by Gasteiger charge is 2.22. The maximum absolute atomic E-state index is 12.4. The second kappa shape index (κ2) is 9.61. The Morgan fingerprint density at radius 2 is 1.72 bits per heavy atom. The van der Waals surface area contributed by atoms with E-state index >= 15 is 0 Å². The van der Waals surface area contributed by atoms with E-state index < -0.39 is 10.0 Å². The van der Waals surface area contributed by atoms with Gasteiger partial charge in [-0.2, -0.15) is 0 Å². The van der Waals surface area contributed by atoms with E-state index in [1.54, 1.807) is 24.3 Å². The molecule has 1 aliphatic carbocycles. The molecule has 0 aliphatic heterocycles. The van der Waals surface area contributed by atoms with Crippen LogP contribution >= 0.6 is 11.6 Å². The van der Waals surface area contributed by atoms with E-state index in [4.69, 9.17) is 16.3 Å². The first-order chi connectivity index (χ1) is 13.8. The summed E-state index contributed by atoms with van der Waals surface area (Å²) in [5, 5.41) is 3.49.